The zero-order chi connectivity index (χ0) is 21.2. The predicted octanol–water partition coefficient (Wildman–Crippen LogP) is 2.90. The van der Waals surface area contributed by atoms with E-state index in [0.717, 1.165) is 44.9 Å². The lowest BCUT2D eigenvalue weighted by Crippen LogP contribution is -2.49. The van der Waals surface area contributed by atoms with E-state index in [2.05, 4.69) is 39.9 Å². The van der Waals surface area contributed by atoms with Crippen LogP contribution in [0.15, 0.2) is 29.3 Å². The number of amides is 1. The smallest absolute Gasteiger partial charge is 0.409 e. The predicted molar refractivity (Wildman–Crippen MR) is 131 cm³/mol. The average molecular weight is 546 g/mol. The van der Waals surface area contributed by atoms with Crippen LogP contribution in [0.25, 0.3) is 0 Å². The summed E-state index contributed by atoms with van der Waals surface area (Å²) in [7, 11) is 3.20. The molecule has 0 spiro atoms. The number of benzene rings is 1. The van der Waals surface area contributed by atoms with Crippen LogP contribution < -0.4 is 10.6 Å². The average Bonchev–Trinajstić information content (AvgIpc) is 2.81. The van der Waals surface area contributed by atoms with E-state index in [1.165, 1.54) is 18.2 Å². The van der Waals surface area contributed by atoms with Gasteiger partial charge in [0.05, 0.1) is 19.8 Å². The minimum Gasteiger partial charge on any atom is -0.453 e. The summed E-state index contributed by atoms with van der Waals surface area (Å²) >= 11 is 0. The number of hydrogen-bond donors (Lipinski definition) is 2. The lowest BCUT2D eigenvalue weighted by molar-refractivity contribution is -0.0390. The van der Waals surface area contributed by atoms with Crippen LogP contribution in [-0.4, -0.2) is 69.6 Å². The number of rotatable bonds is 6. The van der Waals surface area contributed by atoms with Gasteiger partial charge in [0.25, 0.3) is 0 Å². The number of methoxy groups -OCH3 is 1. The first-order valence-corrected chi connectivity index (χ1v) is 10.7. The molecule has 0 saturated carbocycles. The number of carbonyl (C=O) groups excluding carboxylic acids is 1. The van der Waals surface area contributed by atoms with Gasteiger partial charge in [-0.05, 0) is 36.8 Å². The number of hydrogen-bond acceptors (Lipinski definition) is 5. The Hall–Kier alpha value is -1.59. The van der Waals surface area contributed by atoms with Gasteiger partial charge in [-0.25, -0.2) is 4.79 Å². The van der Waals surface area contributed by atoms with E-state index in [1.54, 1.807) is 11.9 Å². The zero-order valence-electron chi connectivity index (χ0n) is 18.5. The van der Waals surface area contributed by atoms with Gasteiger partial charge in [-0.15, -0.1) is 24.0 Å². The number of halogens is 1. The highest BCUT2D eigenvalue weighted by atomic mass is 127. The highest BCUT2D eigenvalue weighted by Gasteiger charge is 2.23. The van der Waals surface area contributed by atoms with Crippen LogP contribution in [0.3, 0.4) is 0 Å². The summed E-state index contributed by atoms with van der Waals surface area (Å²) in [6.45, 7) is 4.29. The zero-order valence-corrected chi connectivity index (χ0v) is 20.8. The number of likely N-dealkylation sites (tertiary alicyclic amines) is 1. The van der Waals surface area contributed by atoms with Crippen LogP contribution in [0.4, 0.5) is 4.79 Å². The molecule has 1 aromatic carbocycles. The number of guanidine groups is 1. The van der Waals surface area contributed by atoms with Gasteiger partial charge in [0.15, 0.2) is 5.96 Å². The Labute approximate surface area is 202 Å². The van der Waals surface area contributed by atoms with Crippen molar-refractivity contribution in [2.45, 2.75) is 51.0 Å². The first-order valence-electron chi connectivity index (χ1n) is 10.7. The van der Waals surface area contributed by atoms with E-state index in [4.69, 9.17) is 14.2 Å². The second kappa shape index (κ2) is 13.7. The molecule has 2 saturated heterocycles. The standard InChI is InChI=1S/C22H34N4O4.HI/c1-23-21(25-19-6-10-26(11-7-19)22(27)28-2)24-15-17-4-3-5-18(14-17)16-30-20-8-12-29-13-9-20;/h3-5,14,19-20H,6-13,15-16H2,1-2H3,(H2,23,24,25);1H. The van der Waals surface area contributed by atoms with Gasteiger partial charge < -0.3 is 29.7 Å². The Bertz CT molecular complexity index is 705. The molecule has 2 heterocycles. The first kappa shape index (κ1) is 25.7. The fourth-order valence-corrected chi connectivity index (χ4v) is 3.80. The van der Waals surface area contributed by atoms with Crippen molar-refractivity contribution in [2.24, 2.45) is 4.99 Å². The molecular weight excluding hydrogens is 511 g/mol. The van der Waals surface area contributed by atoms with Crippen LogP contribution in [0.2, 0.25) is 0 Å². The minimum absolute atomic E-state index is 0. The van der Waals surface area contributed by atoms with Crippen LogP contribution in [0.1, 0.15) is 36.8 Å². The van der Waals surface area contributed by atoms with Crippen molar-refractivity contribution in [2.75, 3.05) is 40.5 Å². The summed E-state index contributed by atoms with van der Waals surface area (Å²) < 4.78 is 16.2. The lowest BCUT2D eigenvalue weighted by Gasteiger charge is -2.32. The molecule has 8 nitrogen and oxygen atoms in total. The molecule has 1 amide bonds. The van der Waals surface area contributed by atoms with E-state index in [-0.39, 0.29) is 36.1 Å². The maximum atomic E-state index is 11.6. The lowest BCUT2D eigenvalue weighted by atomic mass is 10.1. The van der Waals surface area contributed by atoms with Crippen molar-refractivity contribution in [3.63, 3.8) is 0 Å². The van der Waals surface area contributed by atoms with E-state index >= 15 is 0 Å². The van der Waals surface area contributed by atoms with E-state index in [0.29, 0.717) is 32.3 Å². The minimum atomic E-state index is -0.253. The van der Waals surface area contributed by atoms with Crippen LogP contribution in [-0.2, 0) is 27.4 Å². The van der Waals surface area contributed by atoms with Crippen LogP contribution >= 0.6 is 24.0 Å². The van der Waals surface area contributed by atoms with Crippen molar-refractivity contribution in [1.29, 1.82) is 0 Å². The van der Waals surface area contributed by atoms with Gasteiger partial charge in [0.2, 0.25) is 0 Å². The quantitative estimate of drug-likeness (QED) is 0.325. The molecule has 31 heavy (non-hydrogen) atoms. The molecule has 0 aromatic heterocycles. The monoisotopic (exact) mass is 546 g/mol. The maximum absolute atomic E-state index is 11.6. The second-order valence-electron chi connectivity index (χ2n) is 7.74. The fourth-order valence-electron chi connectivity index (χ4n) is 3.80. The maximum Gasteiger partial charge on any atom is 0.409 e. The molecule has 0 radical (unpaired) electrons. The normalized spacial score (nSPS) is 18.3. The van der Waals surface area contributed by atoms with Crippen molar-refractivity contribution >= 4 is 36.0 Å². The third-order valence-corrected chi connectivity index (χ3v) is 5.60. The number of carbonyl (C=O) groups is 1. The Morgan fingerprint density at radius 2 is 1.90 bits per heavy atom. The Morgan fingerprint density at radius 3 is 2.58 bits per heavy atom. The molecule has 0 atom stereocenters. The molecule has 2 N–H and O–H groups in total. The fraction of sp³-hybridized carbons (Fsp3) is 0.636. The van der Waals surface area contributed by atoms with Crippen LogP contribution in [0.5, 0.6) is 0 Å². The Balaban J connectivity index is 0.00000341. The number of aliphatic imine (C=N–C) groups is 1. The van der Waals surface area contributed by atoms with E-state index in [1.807, 2.05) is 0 Å². The summed E-state index contributed by atoms with van der Waals surface area (Å²) in [5, 5.41) is 6.85. The molecule has 2 aliphatic rings. The van der Waals surface area contributed by atoms with E-state index in [9.17, 15) is 4.79 Å². The van der Waals surface area contributed by atoms with Gasteiger partial charge in [0.1, 0.15) is 0 Å². The number of piperidine rings is 1. The first-order chi connectivity index (χ1) is 14.7. The molecular formula is C22H35IN4O4. The summed E-state index contributed by atoms with van der Waals surface area (Å²) in [6, 6.07) is 8.74. The third kappa shape index (κ3) is 8.46. The van der Waals surface area contributed by atoms with Gasteiger partial charge in [-0.1, -0.05) is 24.3 Å². The summed E-state index contributed by atoms with van der Waals surface area (Å²) in [6.07, 6.45) is 3.73. The topological polar surface area (TPSA) is 84.4 Å². The van der Waals surface area contributed by atoms with Crippen molar-refractivity contribution in [1.82, 2.24) is 15.5 Å². The van der Waals surface area contributed by atoms with Gasteiger partial charge in [0, 0.05) is 45.9 Å². The number of nitrogens with one attached hydrogen (secondary N) is 2. The van der Waals surface area contributed by atoms with Crippen molar-refractivity contribution < 1.29 is 19.0 Å². The molecule has 174 valence electrons. The molecule has 0 unspecified atom stereocenters. The van der Waals surface area contributed by atoms with Gasteiger partial charge >= 0.3 is 6.09 Å². The second-order valence-corrected chi connectivity index (χ2v) is 7.74. The molecule has 2 aliphatic heterocycles. The Morgan fingerprint density at radius 1 is 1.19 bits per heavy atom. The summed E-state index contributed by atoms with van der Waals surface area (Å²) in [5.41, 5.74) is 2.37. The molecule has 0 aliphatic carbocycles. The molecule has 0 bridgehead atoms. The Kier molecular flexibility index (Phi) is 11.4. The number of nitrogens with zero attached hydrogens (tertiary/aromatic N) is 2. The van der Waals surface area contributed by atoms with Gasteiger partial charge in [-0.3, -0.25) is 4.99 Å². The highest BCUT2D eigenvalue weighted by molar-refractivity contribution is 14.0. The van der Waals surface area contributed by atoms with Crippen molar-refractivity contribution in [3.05, 3.63) is 35.4 Å². The SMILES string of the molecule is CN=C(NCc1cccc(COC2CCOCC2)c1)NC1CCN(C(=O)OC)CC1.I. The molecule has 1 aromatic rings. The molecule has 2 fully saturated rings. The highest BCUT2D eigenvalue weighted by Crippen LogP contribution is 2.15. The van der Waals surface area contributed by atoms with E-state index < -0.39 is 0 Å². The van der Waals surface area contributed by atoms with Gasteiger partial charge in [-0.2, -0.15) is 0 Å². The number of ether oxygens (including phenoxy) is 3. The van der Waals surface area contributed by atoms with Crippen molar-refractivity contribution in [3.8, 4) is 0 Å². The summed E-state index contributed by atoms with van der Waals surface area (Å²) in [5.74, 6) is 0.773. The van der Waals surface area contributed by atoms with Crippen LogP contribution in [0, 0.1) is 0 Å². The molecule has 9 heteroatoms. The summed E-state index contributed by atoms with van der Waals surface area (Å²) in [4.78, 5) is 17.7. The third-order valence-electron chi connectivity index (χ3n) is 5.60. The molecule has 3 rings (SSSR count). The largest absolute Gasteiger partial charge is 0.453 e.